The van der Waals surface area contributed by atoms with E-state index >= 15 is 0 Å². The number of aryl methyl sites for hydroxylation is 1. The predicted octanol–water partition coefficient (Wildman–Crippen LogP) is 3.17. The Morgan fingerprint density at radius 2 is 1.75 bits per heavy atom. The molecule has 0 aromatic heterocycles. The van der Waals surface area contributed by atoms with Crippen LogP contribution in [0.3, 0.4) is 0 Å². The molecule has 0 aliphatic heterocycles. The first-order valence-corrected chi connectivity index (χ1v) is 8.85. The van der Waals surface area contributed by atoms with Crippen LogP contribution in [0.25, 0.3) is 6.08 Å². The van der Waals surface area contributed by atoms with Gasteiger partial charge in [-0.2, -0.15) is 0 Å². The number of ether oxygens (including phenoxy) is 1. The molecule has 1 N–H and O–H groups in total. The molecule has 2 rings (SSSR count). The third-order valence-corrected chi connectivity index (χ3v) is 4.13. The second-order valence-electron chi connectivity index (χ2n) is 6.33. The summed E-state index contributed by atoms with van der Waals surface area (Å²) in [6.45, 7) is 3.58. The van der Waals surface area contributed by atoms with Crippen molar-refractivity contribution in [1.29, 1.82) is 0 Å². The van der Waals surface area contributed by atoms with Gasteiger partial charge in [0, 0.05) is 25.2 Å². The fourth-order valence-electron chi connectivity index (χ4n) is 2.58. The Morgan fingerprint density at radius 3 is 2.36 bits per heavy atom. The Bertz CT molecular complexity index is 872. The summed E-state index contributed by atoms with van der Waals surface area (Å²) in [5.41, 5.74) is 3.50. The molecule has 0 bridgehead atoms. The summed E-state index contributed by atoms with van der Waals surface area (Å²) < 4.78 is 4.72. The van der Waals surface area contributed by atoms with Crippen LogP contribution in [0.1, 0.15) is 23.6 Å². The molecule has 0 fully saturated rings. The second-order valence-corrected chi connectivity index (χ2v) is 6.33. The summed E-state index contributed by atoms with van der Waals surface area (Å²) in [7, 11) is 1.30. The van der Waals surface area contributed by atoms with Crippen molar-refractivity contribution in [3.8, 4) is 0 Å². The number of nitrogens with zero attached hydrogens (tertiary/aromatic N) is 1. The molecule has 0 radical (unpaired) electrons. The van der Waals surface area contributed by atoms with Gasteiger partial charge in [-0.05, 0) is 41.8 Å². The lowest BCUT2D eigenvalue weighted by Gasteiger charge is -2.21. The van der Waals surface area contributed by atoms with Crippen molar-refractivity contribution in [1.82, 2.24) is 4.90 Å². The van der Waals surface area contributed by atoms with Gasteiger partial charge in [-0.15, -0.1) is 0 Å². The van der Waals surface area contributed by atoms with Gasteiger partial charge in [-0.3, -0.25) is 14.4 Å². The highest BCUT2D eigenvalue weighted by atomic mass is 16.5. The third kappa shape index (κ3) is 6.39. The van der Waals surface area contributed by atoms with Gasteiger partial charge >= 0.3 is 5.97 Å². The molecule has 0 saturated carbocycles. The van der Waals surface area contributed by atoms with E-state index in [2.05, 4.69) is 5.32 Å². The zero-order chi connectivity index (χ0) is 20.5. The minimum atomic E-state index is -0.477. The van der Waals surface area contributed by atoms with E-state index in [0.29, 0.717) is 12.2 Å². The number of methoxy groups -OCH3 is 1. The van der Waals surface area contributed by atoms with E-state index in [-0.39, 0.29) is 18.4 Å². The lowest BCUT2D eigenvalue weighted by atomic mass is 10.1. The molecule has 6 heteroatoms. The monoisotopic (exact) mass is 380 g/mol. The lowest BCUT2D eigenvalue weighted by Crippen LogP contribution is -2.34. The third-order valence-electron chi connectivity index (χ3n) is 4.13. The summed E-state index contributed by atoms with van der Waals surface area (Å²) in [5.74, 6) is -0.914. The zero-order valence-electron chi connectivity index (χ0n) is 16.3. The number of carbonyl (C=O) groups excluding carboxylic acids is 3. The molecule has 0 saturated heterocycles. The number of amides is 2. The van der Waals surface area contributed by atoms with Crippen molar-refractivity contribution in [3.05, 3.63) is 71.3 Å². The molecule has 0 atom stereocenters. The lowest BCUT2D eigenvalue weighted by molar-refractivity contribution is -0.145. The van der Waals surface area contributed by atoms with Crippen LogP contribution in [0.4, 0.5) is 5.69 Å². The zero-order valence-corrected chi connectivity index (χ0v) is 16.3. The van der Waals surface area contributed by atoms with Crippen molar-refractivity contribution < 1.29 is 19.1 Å². The summed E-state index contributed by atoms with van der Waals surface area (Å²) in [6.07, 6.45) is 3.09. The largest absolute Gasteiger partial charge is 0.468 e. The number of esters is 1. The first-order valence-electron chi connectivity index (χ1n) is 8.85. The van der Waals surface area contributed by atoms with Gasteiger partial charge in [0.1, 0.15) is 6.54 Å². The first kappa shape index (κ1) is 20.9. The van der Waals surface area contributed by atoms with Gasteiger partial charge in [0.05, 0.1) is 7.11 Å². The average Bonchev–Trinajstić information content (AvgIpc) is 2.67. The van der Waals surface area contributed by atoms with Crippen LogP contribution < -0.4 is 5.32 Å². The van der Waals surface area contributed by atoms with Crippen LogP contribution in [0, 0.1) is 6.92 Å². The van der Waals surface area contributed by atoms with Gasteiger partial charge in [0.15, 0.2) is 0 Å². The SMILES string of the molecule is COC(=O)CN(Cc1ccccc1C)C(=O)/C=C/c1ccc(NC(C)=O)cc1. The quantitative estimate of drug-likeness (QED) is 0.591. The highest BCUT2D eigenvalue weighted by Crippen LogP contribution is 2.13. The summed E-state index contributed by atoms with van der Waals surface area (Å²) >= 11 is 0. The van der Waals surface area contributed by atoms with E-state index in [4.69, 9.17) is 4.74 Å². The number of carbonyl (C=O) groups is 3. The minimum absolute atomic E-state index is 0.129. The number of rotatable bonds is 7. The van der Waals surface area contributed by atoms with Crippen molar-refractivity contribution in [2.24, 2.45) is 0 Å². The van der Waals surface area contributed by atoms with E-state index in [1.54, 1.807) is 30.3 Å². The number of hydrogen-bond acceptors (Lipinski definition) is 4. The molecule has 0 heterocycles. The van der Waals surface area contributed by atoms with Crippen LogP contribution >= 0.6 is 0 Å². The topological polar surface area (TPSA) is 75.7 Å². The van der Waals surface area contributed by atoms with E-state index in [9.17, 15) is 14.4 Å². The fraction of sp³-hybridized carbons (Fsp3) is 0.227. The van der Waals surface area contributed by atoms with Crippen LogP contribution in [0.2, 0.25) is 0 Å². The Labute approximate surface area is 164 Å². The van der Waals surface area contributed by atoms with Gasteiger partial charge in [0.25, 0.3) is 0 Å². The molecule has 28 heavy (non-hydrogen) atoms. The Kier molecular flexibility index (Phi) is 7.51. The van der Waals surface area contributed by atoms with E-state index < -0.39 is 5.97 Å². The fourth-order valence-corrected chi connectivity index (χ4v) is 2.58. The Balaban J connectivity index is 2.12. The van der Waals surface area contributed by atoms with Gasteiger partial charge in [-0.25, -0.2) is 0 Å². The molecule has 6 nitrogen and oxygen atoms in total. The Hall–Kier alpha value is -3.41. The maximum Gasteiger partial charge on any atom is 0.325 e. The molecule has 0 aliphatic rings. The second kappa shape index (κ2) is 10.1. The molecule has 2 aromatic rings. The minimum Gasteiger partial charge on any atom is -0.468 e. The molecular weight excluding hydrogens is 356 g/mol. The van der Waals surface area contributed by atoms with E-state index in [1.807, 2.05) is 31.2 Å². The number of benzene rings is 2. The summed E-state index contributed by atoms with van der Waals surface area (Å²) in [5, 5.41) is 2.69. The Morgan fingerprint density at radius 1 is 1.07 bits per heavy atom. The normalized spacial score (nSPS) is 10.5. The van der Waals surface area contributed by atoms with Gasteiger partial charge < -0.3 is 15.0 Å². The maximum atomic E-state index is 12.7. The standard InChI is InChI=1S/C22H24N2O4/c1-16-6-4-5-7-19(16)14-24(15-22(27)28-3)21(26)13-10-18-8-11-20(12-9-18)23-17(2)25/h4-13H,14-15H2,1-3H3,(H,23,25)/b13-10+. The number of hydrogen-bond donors (Lipinski definition) is 1. The van der Waals surface area contributed by atoms with Crippen LogP contribution in [-0.4, -0.2) is 36.3 Å². The molecule has 0 spiro atoms. The molecule has 0 aliphatic carbocycles. The van der Waals surface area contributed by atoms with Crippen LogP contribution in [0.15, 0.2) is 54.6 Å². The molecule has 0 unspecified atom stereocenters. The molecular formula is C22H24N2O4. The van der Waals surface area contributed by atoms with Crippen molar-refractivity contribution in [2.75, 3.05) is 19.0 Å². The molecule has 146 valence electrons. The molecule has 2 amide bonds. The van der Waals surface area contributed by atoms with Crippen LogP contribution in [0.5, 0.6) is 0 Å². The van der Waals surface area contributed by atoms with E-state index in [1.165, 1.54) is 25.0 Å². The average molecular weight is 380 g/mol. The molecule has 2 aromatic carbocycles. The van der Waals surface area contributed by atoms with E-state index in [0.717, 1.165) is 16.7 Å². The maximum absolute atomic E-state index is 12.7. The van der Waals surface area contributed by atoms with Crippen molar-refractivity contribution >= 4 is 29.5 Å². The smallest absolute Gasteiger partial charge is 0.325 e. The van der Waals surface area contributed by atoms with Gasteiger partial charge in [-0.1, -0.05) is 36.4 Å². The highest BCUT2D eigenvalue weighted by Gasteiger charge is 2.16. The van der Waals surface area contributed by atoms with Gasteiger partial charge in [0.2, 0.25) is 11.8 Å². The van der Waals surface area contributed by atoms with Crippen LogP contribution in [-0.2, 0) is 25.7 Å². The number of nitrogens with one attached hydrogen (secondary N) is 1. The number of anilines is 1. The summed E-state index contributed by atoms with van der Waals surface area (Å²) in [6, 6.07) is 14.8. The first-order chi connectivity index (χ1) is 13.4. The van der Waals surface area contributed by atoms with Crippen molar-refractivity contribution in [2.45, 2.75) is 20.4 Å². The highest BCUT2D eigenvalue weighted by molar-refractivity contribution is 5.94. The summed E-state index contributed by atoms with van der Waals surface area (Å²) in [4.78, 5) is 36.9. The van der Waals surface area contributed by atoms with Crippen molar-refractivity contribution in [3.63, 3.8) is 0 Å². The predicted molar refractivity (Wildman–Crippen MR) is 108 cm³/mol.